The van der Waals surface area contributed by atoms with Crippen LogP contribution in [-0.4, -0.2) is 63.8 Å². The van der Waals surface area contributed by atoms with Crippen LogP contribution in [0.5, 0.6) is 0 Å². The van der Waals surface area contributed by atoms with Crippen LogP contribution in [0.25, 0.3) is 0 Å². The highest BCUT2D eigenvalue weighted by molar-refractivity contribution is 6.70. The van der Waals surface area contributed by atoms with Crippen LogP contribution in [0.2, 0.25) is 0 Å². The highest BCUT2D eigenvalue weighted by Crippen LogP contribution is 2.47. The quantitative estimate of drug-likeness (QED) is 0.488. The van der Waals surface area contributed by atoms with Crippen LogP contribution >= 0.6 is 11.6 Å². The van der Waals surface area contributed by atoms with E-state index in [0.29, 0.717) is 18.4 Å². The number of hydrogen-bond donors (Lipinski definition) is 0. The number of amidine groups is 1. The third-order valence-electron chi connectivity index (χ3n) is 7.33. The van der Waals surface area contributed by atoms with E-state index in [4.69, 9.17) is 26.5 Å². The van der Waals surface area contributed by atoms with Crippen molar-refractivity contribution in [3.8, 4) is 0 Å². The maximum absolute atomic E-state index is 11.3. The molecule has 1 aliphatic carbocycles. The zero-order valence-electron chi connectivity index (χ0n) is 18.6. The zero-order chi connectivity index (χ0) is 23.3. The van der Waals surface area contributed by atoms with E-state index in [1.54, 1.807) is 24.3 Å². The molecule has 2 aromatic carbocycles. The zero-order valence-corrected chi connectivity index (χ0v) is 19.4. The van der Waals surface area contributed by atoms with Crippen LogP contribution < -0.4 is 5.01 Å². The number of nitro groups is 1. The summed E-state index contributed by atoms with van der Waals surface area (Å²) in [5.74, 6) is 0.758. The van der Waals surface area contributed by atoms with E-state index in [1.807, 2.05) is 29.3 Å². The van der Waals surface area contributed by atoms with Crippen LogP contribution in [-0.2, 0) is 4.74 Å². The first kappa shape index (κ1) is 21.5. The van der Waals surface area contributed by atoms with Crippen molar-refractivity contribution >= 4 is 34.0 Å². The summed E-state index contributed by atoms with van der Waals surface area (Å²) >= 11 is 6.67. The van der Waals surface area contributed by atoms with E-state index in [-0.39, 0.29) is 16.7 Å². The van der Waals surface area contributed by atoms with Crippen LogP contribution in [0.1, 0.15) is 36.8 Å². The molecule has 2 aromatic rings. The van der Waals surface area contributed by atoms with Gasteiger partial charge in [0.05, 0.1) is 29.9 Å². The van der Waals surface area contributed by atoms with E-state index < -0.39 is 5.66 Å². The molecule has 3 aliphatic heterocycles. The van der Waals surface area contributed by atoms with E-state index >= 15 is 0 Å². The smallest absolute Gasteiger partial charge is 0.269 e. The number of non-ortho nitro benzene ring substituents is 1. The highest BCUT2D eigenvalue weighted by Gasteiger charge is 2.57. The van der Waals surface area contributed by atoms with Gasteiger partial charge in [0.25, 0.3) is 5.69 Å². The SMILES string of the molecule is O=[N+]([O-])c1ccc(N2N=C3c4ccccc4C(Cl)=NN3[C@H]3CCCC[C@]32N2CCOCC2)cc1. The predicted molar refractivity (Wildman–Crippen MR) is 130 cm³/mol. The number of nitro benzene ring substituents is 1. The second-order valence-corrected chi connectivity index (χ2v) is 9.39. The minimum atomic E-state index is -0.464. The number of hydrogen-bond acceptors (Lipinski definition) is 8. The van der Waals surface area contributed by atoms with Gasteiger partial charge in [-0.15, -0.1) is 0 Å². The van der Waals surface area contributed by atoms with Crippen LogP contribution in [0.3, 0.4) is 0 Å². The fraction of sp³-hybridized carbons (Fsp3) is 0.417. The largest absolute Gasteiger partial charge is 0.379 e. The molecule has 0 radical (unpaired) electrons. The molecule has 176 valence electrons. The normalized spacial score (nSPS) is 26.7. The third kappa shape index (κ3) is 3.22. The van der Waals surface area contributed by atoms with Crippen molar-refractivity contribution in [3.63, 3.8) is 0 Å². The predicted octanol–water partition coefficient (Wildman–Crippen LogP) is 3.96. The third-order valence-corrected chi connectivity index (χ3v) is 7.61. The summed E-state index contributed by atoms with van der Waals surface area (Å²) in [5.41, 5.74) is 2.23. The van der Waals surface area contributed by atoms with Crippen molar-refractivity contribution in [2.24, 2.45) is 10.2 Å². The standard InChI is InChI=1S/C24H25ClN6O3/c25-22-19-5-1-2-6-20(19)23-27-30(17-8-10-18(11-9-17)31(32)33)24(28-13-15-34-16-14-28)12-4-3-7-21(24)29(23)26-22/h1-2,5-6,8-11,21H,3-4,7,12-16H2/t21-,24+/m0/s1. The van der Waals surface area contributed by atoms with Crippen molar-refractivity contribution in [1.82, 2.24) is 9.91 Å². The topological polar surface area (TPSA) is 86.8 Å². The molecule has 0 aromatic heterocycles. The Morgan fingerprint density at radius 1 is 1.03 bits per heavy atom. The van der Waals surface area contributed by atoms with Gasteiger partial charge in [-0.05, 0) is 31.4 Å². The molecule has 1 saturated heterocycles. The summed E-state index contributed by atoms with van der Waals surface area (Å²) in [6.07, 6.45) is 3.99. The fourth-order valence-electron chi connectivity index (χ4n) is 5.81. The van der Waals surface area contributed by atoms with E-state index in [9.17, 15) is 10.1 Å². The molecule has 0 amide bonds. The molecule has 0 spiro atoms. The Morgan fingerprint density at radius 3 is 2.50 bits per heavy atom. The Kier molecular flexibility index (Phi) is 5.28. The van der Waals surface area contributed by atoms with Crippen LogP contribution in [0.15, 0.2) is 58.7 Å². The molecule has 6 rings (SSSR count). The second-order valence-electron chi connectivity index (χ2n) is 9.03. The maximum Gasteiger partial charge on any atom is 0.269 e. The van der Waals surface area contributed by atoms with Gasteiger partial charge in [-0.2, -0.15) is 10.2 Å². The van der Waals surface area contributed by atoms with Gasteiger partial charge in [0, 0.05) is 36.3 Å². The lowest BCUT2D eigenvalue weighted by Crippen LogP contribution is -2.75. The molecule has 2 atom stereocenters. The summed E-state index contributed by atoms with van der Waals surface area (Å²) in [5, 5.41) is 26.0. The molecule has 9 nitrogen and oxygen atoms in total. The van der Waals surface area contributed by atoms with E-state index in [2.05, 4.69) is 9.91 Å². The van der Waals surface area contributed by atoms with E-state index in [1.165, 1.54) is 0 Å². The molecule has 2 fully saturated rings. The summed E-state index contributed by atoms with van der Waals surface area (Å²) in [7, 11) is 0. The molecule has 1 saturated carbocycles. The van der Waals surface area contributed by atoms with Gasteiger partial charge in [0.1, 0.15) is 5.66 Å². The number of ether oxygens (including phenoxy) is 1. The minimum absolute atomic E-state index is 0.0177. The molecular formula is C24H25ClN6O3. The van der Waals surface area contributed by atoms with Crippen molar-refractivity contribution in [2.45, 2.75) is 37.4 Å². The number of morpholine rings is 1. The molecular weight excluding hydrogens is 456 g/mol. The monoisotopic (exact) mass is 480 g/mol. The van der Waals surface area contributed by atoms with Crippen LogP contribution in [0, 0.1) is 10.1 Å². The first-order valence-electron chi connectivity index (χ1n) is 11.7. The molecule has 34 heavy (non-hydrogen) atoms. The number of nitrogens with zero attached hydrogens (tertiary/aromatic N) is 6. The van der Waals surface area contributed by atoms with Crippen molar-refractivity contribution < 1.29 is 9.66 Å². The van der Waals surface area contributed by atoms with Gasteiger partial charge in [-0.3, -0.25) is 15.0 Å². The van der Waals surface area contributed by atoms with Gasteiger partial charge >= 0.3 is 0 Å². The van der Waals surface area contributed by atoms with Gasteiger partial charge in [-0.25, -0.2) is 10.0 Å². The summed E-state index contributed by atoms with van der Waals surface area (Å²) in [6.45, 7) is 2.89. The Hall–Kier alpha value is -3.01. The lowest BCUT2D eigenvalue weighted by atomic mass is 9.80. The summed E-state index contributed by atoms with van der Waals surface area (Å²) in [6, 6.07) is 14.6. The Bertz CT molecular complexity index is 1180. The van der Waals surface area contributed by atoms with Crippen molar-refractivity contribution in [1.29, 1.82) is 0 Å². The fourth-order valence-corrected chi connectivity index (χ4v) is 6.06. The number of benzene rings is 2. The van der Waals surface area contributed by atoms with Gasteiger partial charge in [-0.1, -0.05) is 42.3 Å². The Balaban J connectivity index is 1.57. The number of anilines is 1. The van der Waals surface area contributed by atoms with Crippen LogP contribution in [0.4, 0.5) is 11.4 Å². The molecule has 10 heteroatoms. The Morgan fingerprint density at radius 2 is 1.76 bits per heavy atom. The van der Waals surface area contributed by atoms with E-state index in [0.717, 1.165) is 61.4 Å². The molecule has 3 heterocycles. The maximum atomic E-state index is 11.3. The summed E-state index contributed by atoms with van der Waals surface area (Å²) < 4.78 is 5.69. The number of hydrazone groups is 2. The summed E-state index contributed by atoms with van der Waals surface area (Å²) in [4.78, 5) is 13.4. The first-order valence-corrected chi connectivity index (χ1v) is 12.1. The number of fused-ring (bicyclic) bond motifs is 5. The molecule has 4 aliphatic rings. The number of rotatable bonds is 3. The average molecular weight is 481 g/mol. The lowest BCUT2D eigenvalue weighted by molar-refractivity contribution is -0.384. The van der Waals surface area contributed by atoms with Gasteiger partial charge in [0.15, 0.2) is 11.0 Å². The van der Waals surface area contributed by atoms with Crippen molar-refractivity contribution in [3.05, 3.63) is 69.8 Å². The minimum Gasteiger partial charge on any atom is -0.379 e. The second kappa shape index (κ2) is 8.33. The van der Waals surface area contributed by atoms with Gasteiger partial charge in [0.2, 0.25) is 0 Å². The highest BCUT2D eigenvalue weighted by atomic mass is 35.5. The molecule has 0 bridgehead atoms. The van der Waals surface area contributed by atoms with Gasteiger partial charge < -0.3 is 4.74 Å². The average Bonchev–Trinajstić information content (AvgIpc) is 2.89. The van der Waals surface area contributed by atoms with Crippen molar-refractivity contribution in [2.75, 3.05) is 31.3 Å². The lowest BCUT2D eigenvalue weighted by Gasteiger charge is -2.60. The molecule has 0 N–H and O–H groups in total. The molecule has 0 unspecified atom stereocenters. The first-order chi connectivity index (χ1) is 16.6. The number of halogens is 1. The Labute approximate surface area is 202 Å².